The van der Waals surface area contributed by atoms with Crippen LogP contribution in [0.1, 0.15) is 35.8 Å². The molecule has 1 heterocycles. The molecule has 0 atom stereocenters. The topological polar surface area (TPSA) is 190 Å². The Labute approximate surface area is 231 Å². The minimum atomic E-state index is -0.915. The zero-order valence-corrected chi connectivity index (χ0v) is 22.3. The number of hydrogen-bond donors (Lipinski definition) is 6. The number of amides is 2. The third-order valence-corrected chi connectivity index (χ3v) is 5.88. The first kappa shape index (κ1) is 31.7. The van der Waals surface area contributed by atoms with Gasteiger partial charge in [-0.2, -0.15) is 4.73 Å². The highest BCUT2D eigenvalue weighted by Gasteiger charge is 2.22. The van der Waals surface area contributed by atoms with Crippen molar-refractivity contribution >= 4 is 23.4 Å². The summed E-state index contributed by atoms with van der Waals surface area (Å²) in [5.74, 6) is -3.86. The summed E-state index contributed by atoms with van der Waals surface area (Å²) in [6.45, 7) is 7.14. The van der Waals surface area contributed by atoms with Crippen LogP contribution in [0.3, 0.4) is 0 Å². The number of aromatic hydroxyl groups is 2. The Bertz CT molecular complexity index is 1290. The van der Waals surface area contributed by atoms with Gasteiger partial charge in [0.25, 0.3) is 17.4 Å². The molecule has 0 fully saturated rings. The number of benzene rings is 1. The molecule has 2 amide bonds. The van der Waals surface area contributed by atoms with Gasteiger partial charge in [-0.3, -0.25) is 28.9 Å². The lowest BCUT2D eigenvalue weighted by Gasteiger charge is -2.23. The van der Waals surface area contributed by atoms with E-state index in [0.717, 1.165) is 0 Å². The monoisotopic (exact) mass is 557 g/mol. The summed E-state index contributed by atoms with van der Waals surface area (Å²) < 4.78 is 0.548. The molecule has 13 heteroatoms. The maximum atomic E-state index is 12.4. The average molecular weight is 558 g/mol. The highest BCUT2D eigenvalue weighted by molar-refractivity contribution is 6.49. The molecule has 0 saturated carbocycles. The molecule has 1 aromatic heterocycles. The number of para-hydroxylation sites is 1. The van der Waals surface area contributed by atoms with Gasteiger partial charge in [-0.25, -0.2) is 0 Å². The van der Waals surface area contributed by atoms with E-state index in [2.05, 4.69) is 22.5 Å². The normalized spacial score (nSPS) is 10.8. The molecule has 216 valence electrons. The SMILES string of the molecule is C=C(C(=O)NCCN(CCNCc1cccc(=O)n1O)CCNC(=O)c1cccc(O)c1O)C(=O)C(=O)CCC. The van der Waals surface area contributed by atoms with Crippen LogP contribution < -0.4 is 21.5 Å². The lowest BCUT2D eigenvalue weighted by Crippen LogP contribution is -2.43. The zero-order chi connectivity index (χ0) is 29.7. The van der Waals surface area contributed by atoms with Gasteiger partial charge in [0, 0.05) is 58.3 Å². The summed E-state index contributed by atoms with van der Waals surface area (Å²) in [6, 6.07) is 8.40. The number of phenolic OH excluding ortho intramolecular Hbond substituents is 2. The molecule has 2 aromatic rings. The van der Waals surface area contributed by atoms with Crippen LogP contribution in [-0.2, 0) is 20.9 Å². The van der Waals surface area contributed by atoms with E-state index in [0.29, 0.717) is 43.0 Å². The van der Waals surface area contributed by atoms with E-state index in [9.17, 15) is 39.4 Å². The van der Waals surface area contributed by atoms with E-state index >= 15 is 0 Å². The van der Waals surface area contributed by atoms with Crippen molar-refractivity contribution in [3.05, 3.63) is 70.2 Å². The van der Waals surface area contributed by atoms with E-state index in [1.165, 1.54) is 30.3 Å². The Morgan fingerprint density at radius 3 is 2.30 bits per heavy atom. The molecule has 0 radical (unpaired) electrons. The van der Waals surface area contributed by atoms with Crippen molar-refractivity contribution in [2.24, 2.45) is 0 Å². The molecule has 1 aromatic carbocycles. The molecule has 0 aliphatic rings. The van der Waals surface area contributed by atoms with E-state index < -0.39 is 46.0 Å². The van der Waals surface area contributed by atoms with Gasteiger partial charge in [-0.15, -0.1) is 0 Å². The van der Waals surface area contributed by atoms with Gasteiger partial charge in [-0.1, -0.05) is 25.6 Å². The van der Waals surface area contributed by atoms with E-state index in [4.69, 9.17) is 0 Å². The molecule has 0 bridgehead atoms. The van der Waals surface area contributed by atoms with Gasteiger partial charge < -0.3 is 31.4 Å². The Kier molecular flexibility index (Phi) is 12.5. The number of phenols is 2. The van der Waals surface area contributed by atoms with Crippen molar-refractivity contribution in [1.82, 2.24) is 25.6 Å². The van der Waals surface area contributed by atoms with Gasteiger partial charge in [0.2, 0.25) is 11.6 Å². The van der Waals surface area contributed by atoms with Crippen molar-refractivity contribution in [1.29, 1.82) is 0 Å². The first-order chi connectivity index (χ1) is 19.1. The smallest absolute Gasteiger partial charge is 0.283 e. The van der Waals surface area contributed by atoms with Gasteiger partial charge in [0.1, 0.15) is 0 Å². The Balaban J connectivity index is 1.92. The predicted molar refractivity (Wildman–Crippen MR) is 145 cm³/mol. The molecule has 0 saturated heterocycles. The molecule has 40 heavy (non-hydrogen) atoms. The van der Waals surface area contributed by atoms with Crippen molar-refractivity contribution in [3.63, 3.8) is 0 Å². The third-order valence-electron chi connectivity index (χ3n) is 5.88. The first-order valence-electron chi connectivity index (χ1n) is 12.7. The second-order valence-corrected chi connectivity index (χ2v) is 8.85. The number of ketones is 2. The highest BCUT2D eigenvalue weighted by atomic mass is 16.5. The number of aromatic nitrogens is 1. The fourth-order valence-corrected chi connectivity index (χ4v) is 3.63. The Morgan fingerprint density at radius 2 is 1.60 bits per heavy atom. The van der Waals surface area contributed by atoms with Crippen LogP contribution in [0.25, 0.3) is 0 Å². The number of carbonyl (C=O) groups excluding carboxylic acids is 4. The lowest BCUT2D eigenvalue weighted by atomic mass is 10.1. The van der Waals surface area contributed by atoms with Crippen LogP contribution >= 0.6 is 0 Å². The summed E-state index contributed by atoms with van der Waals surface area (Å²) >= 11 is 0. The second-order valence-electron chi connectivity index (χ2n) is 8.85. The average Bonchev–Trinajstić information content (AvgIpc) is 2.93. The summed E-state index contributed by atoms with van der Waals surface area (Å²) in [5.41, 5.74) is -0.700. The summed E-state index contributed by atoms with van der Waals surface area (Å²) in [6.07, 6.45) is 0.512. The van der Waals surface area contributed by atoms with E-state index in [1.54, 1.807) is 13.0 Å². The number of nitrogens with one attached hydrogen (secondary N) is 3. The minimum Gasteiger partial charge on any atom is -0.504 e. The third kappa shape index (κ3) is 9.36. The van der Waals surface area contributed by atoms with Gasteiger partial charge in [0.15, 0.2) is 11.5 Å². The second kappa shape index (κ2) is 15.8. The lowest BCUT2D eigenvalue weighted by molar-refractivity contribution is -0.135. The first-order valence-corrected chi connectivity index (χ1v) is 12.7. The van der Waals surface area contributed by atoms with Crippen molar-refractivity contribution in [3.8, 4) is 11.5 Å². The number of pyridine rings is 1. The number of Topliss-reactive ketones (excluding diaryl/α,β-unsaturated/α-hetero) is 2. The van der Waals surface area contributed by atoms with E-state index in [1.807, 2.05) is 4.90 Å². The fraction of sp³-hybridized carbons (Fsp3) is 0.370. The Morgan fingerprint density at radius 1 is 0.950 bits per heavy atom. The number of nitrogens with zero attached hydrogens (tertiary/aromatic N) is 2. The van der Waals surface area contributed by atoms with Crippen molar-refractivity contribution < 1.29 is 34.6 Å². The maximum absolute atomic E-state index is 12.4. The molecule has 2 rings (SSSR count). The molecular weight excluding hydrogens is 522 g/mol. The van der Waals surface area contributed by atoms with Gasteiger partial charge >= 0.3 is 0 Å². The number of hydrogen-bond acceptors (Lipinski definition) is 10. The highest BCUT2D eigenvalue weighted by Crippen LogP contribution is 2.27. The summed E-state index contributed by atoms with van der Waals surface area (Å²) in [7, 11) is 0. The Hall–Kier alpha value is -4.49. The molecule has 6 N–H and O–H groups in total. The molecule has 13 nitrogen and oxygen atoms in total. The van der Waals surface area contributed by atoms with Crippen LogP contribution in [0.15, 0.2) is 53.3 Å². The number of carbonyl (C=O) groups is 4. The largest absolute Gasteiger partial charge is 0.504 e. The summed E-state index contributed by atoms with van der Waals surface area (Å²) in [5, 5.41) is 37.7. The maximum Gasteiger partial charge on any atom is 0.283 e. The molecule has 0 aliphatic heterocycles. The zero-order valence-electron chi connectivity index (χ0n) is 22.3. The van der Waals surface area contributed by atoms with Crippen LogP contribution in [-0.4, -0.2) is 87.7 Å². The van der Waals surface area contributed by atoms with Gasteiger partial charge in [-0.05, 0) is 24.6 Å². The summed E-state index contributed by atoms with van der Waals surface area (Å²) in [4.78, 5) is 62.0. The van der Waals surface area contributed by atoms with Crippen LogP contribution in [0.4, 0.5) is 0 Å². The minimum absolute atomic E-state index is 0.0351. The molecule has 0 aliphatic carbocycles. The van der Waals surface area contributed by atoms with Gasteiger partial charge in [0.05, 0.1) is 16.8 Å². The van der Waals surface area contributed by atoms with Crippen LogP contribution in [0.5, 0.6) is 11.5 Å². The predicted octanol–water partition coefficient (Wildman–Crippen LogP) is -0.0709. The molecule has 0 spiro atoms. The standard InChI is InChI=1S/C27H35N5O8/c1-3-6-21(33)24(36)18(2)26(38)29-12-15-31(14-11-28-17-19-7-4-10-23(35)32(19)40)16-13-30-27(39)20-8-5-9-22(34)25(20)37/h4-5,7-10,28,34,37,40H,2-3,6,11-17H2,1H3,(H,29,38)(H,30,39). The molecular formula is C27H35N5O8. The fourth-order valence-electron chi connectivity index (χ4n) is 3.63. The van der Waals surface area contributed by atoms with Crippen LogP contribution in [0, 0.1) is 0 Å². The van der Waals surface area contributed by atoms with Crippen LogP contribution in [0.2, 0.25) is 0 Å². The van der Waals surface area contributed by atoms with Crippen molar-refractivity contribution in [2.75, 3.05) is 39.3 Å². The quantitative estimate of drug-likeness (QED) is 0.0292. The number of rotatable bonds is 17. The van der Waals surface area contributed by atoms with Crippen molar-refractivity contribution in [2.45, 2.75) is 26.3 Å². The van der Waals surface area contributed by atoms with E-state index in [-0.39, 0.29) is 31.6 Å². The molecule has 0 unspecified atom stereocenters.